The van der Waals surface area contributed by atoms with Crippen LogP contribution in [0.5, 0.6) is 5.75 Å². The Balaban J connectivity index is 2.13. The molecule has 1 aliphatic rings. The molecule has 0 aromatic heterocycles. The summed E-state index contributed by atoms with van der Waals surface area (Å²) in [4.78, 5) is 0. The van der Waals surface area contributed by atoms with Crippen LogP contribution in [0.25, 0.3) is 0 Å². The second kappa shape index (κ2) is 5.53. The lowest BCUT2D eigenvalue weighted by molar-refractivity contribution is 0.00777. The van der Waals surface area contributed by atoms with Gasteiger partial charge in [0.05, 0.1) is 6.61 Å². The van der Waals surface area contributed by atoms with Crippen LogP contribution in [0.1, 0.15) is 18.4 Å². The van der Waals surface area contributed by atoms with E-state index in [1.54, 1.807) is 12.1 Å². The zero-order chi connectivity index (χ0) is 12.3. The molecule has 1 aromatic rings. The Morgan fingerprint density at radius 1 is 1.41 bits per heavy atom. The van der Waals surface area contributed by atoms with Gasteiger partial charge in [-0.1, -0.05) is 17.7 Å². The molecule has 1 fully saturated rings. The van der Waals surface area contributed by atoms with Gasteiger partial charge in [-0.05, 0) is 25.8 Å². The quantitative estimate of drug-likeness (QED) is 0.737. The molecule has 1 atom stereocenters. The lowest BCUT2D eigenvalue weighted by Gasteiger charge is -2.24. The van der Waals surface area contributed by atoms with E-state index in [1.807, 2.05) is 13.0 Å². The van der Waals surface area contributed by atoms with Crippen molar-refractivity contribution in [1.82, 2.24) is 0 Å². The van der Waals surface area contributed by atoms with Gasteiger partial charge in [0.15, 0.2) is 0 Å². The van der Waals surface area contributed by atoms with Gasteiger partial charge >= 0.3 is 7.12 Å². The van der Waals surface area contributed by atoms with Gasteiger partial charge in [-0.25, -0.2) is 0 Å². The summed E-state index contributed by atoms with van der Waals surface area (Å²) in [6.07, 6.45) is 1.92. The molecule has 1 heterocycles. The highest BCUT2D eigenvalue weighted by atomic mass is 16.5. The Kier molecular flexibility index (Phi) is 4.04. The highest BCUT2D eigenvalue weighted by Crippen LogP contribution is 2.16. The standard InChI is InChI=1S/C12H17BO4/c1-9-4-5-12(11(7-9)13(14)15)17-10-3-2-6-16-8-10/h4-5,7,10,14-15H,2-3,6,8H2,1H3. The topological polar surface area (TPSA) is 58.9 Å². The molecule has 0 aliphatic carbocycles. The Hall–Kier alpha value is -1.04. The van der Waals surface area contributed by atoms with Crippen molar-refractivity contribution in [2.24, 2.45) is 0 Å². The summed E-state index contributed by atoms with van der Waals surface area (Å²) in [5, 5.41) is 18.6. The minimum Gasteiger partial charge on any atom is -0.488 e. The van der Waals surface area contributed by atoms with Gasteiger partial charge in [0.25, 0.3) is 0 Å². The second-order valence-corrected chi connectivity index (χ2v) is 4.37. The summed E-state index contributed by atoms with van der Waals surface area (Å²) in [5.41, 5.74) is 1.39. The number of hydrogen-bond donors (Lipinski definition) is 2. The highest BCUT2D eigenvalue weighted by Gasteiger charge is 2.21. The molecule has 1 aliphatic heterocycles. The van der Waals surface area contributed by atoms with E-state index >= 15 is 0 Å². The summed E-state index contributed by atoms with van der Waals surface area (Å²) in [7, 11) is -1.51. The average molecular weight is 236 g/mol. The molecule has 0 saturated carbocycles. The van der Waals surface area contributed by atoms with Gasteiger partial charge in [-0.2, -0.15) is 0 Å². The van der Waals surface area contributed by atoms with Crippen LogP contribution in [0.3, 0.4) is 0 Å². The first-order chi connectivity index (χ1) is 8.16. The van der Waals surface area contributed by atoms with Gasteiger partial charge < -0.3 is 19.5 Å². The van der Waals surface area contributed by atoms with Crippen molar-refractivity contribution in [2.75, 3.05) is 13.2 Å². The van der Waals surface area contributed by atoms with Crippen molar-refractivity contribution < 1.29 is 19.5 Å². The van der Waals surface area contributed by atoms with Crippen LogP contribution in [-0.4, -0.2) is 36.5 Å². The van der Waals surface area contributed by atoms with Crippen molar-refractivity contribution in [1.29, 1.82) is 0 Å². The van der Waals surface area contributed by atoms with Crippen molar-refractivity contribution in [3.63, 3.8) is 0 Å². The molecule has 1 unspecified atom stereocenters. The van der Waals surface area contributed by atoms with Gasteiger partial charge in [-0.15, -0.1) is 0 Å². The zero-order valence-electron chi connectivity index (χ0n) is 9.93. The van der Waals surface area contributed by atoms with Gasteiger partial charge in [0.1, 0.15) is 11.9 Å². The number of rotatable bonds is 3. The molecule has 2 rings (SSSR count). The molecule has 2 N–H and O–H groups in total. The molecule has 92 valence electrons. The van der Waals surface area contributed by atoms with Crippen molar-refractivity contribution in [3.05, 3.63) is 23.8 Å². The van der Waals surface area contributed by atoms with Crippen molar-refractivity contribution >= 4 is 12.6 Å². The monoisotopic (exact) mass is 236 g/mol. The Labute approximate surface area is 101 Å². The van der Waals surface area contributed by atoms with Gasteiger partial charge in [-0.3, -0.25) is 0 Å². The SMILES string of the molecule is Cc1ccc(OC2CCCOC2)c(B(O)O)c1. The average Bonchev–Trinajstić information content (AvgIpc) is 2.32. The maximum Gasteiger partial charge on any atom is 0.492 e. The van der Waals surface area contributed by atoms with Crippen LogP contribution in [0.4, 0.5) is 0 Å². The minimum absolute atomic E-state index is 0.00366. The predicted octanol–water partition coefficient (Wildman–Crippen LogP) is 0.233. The van der Waals surface area contributed by atoms with Crippen LogP contribution < -0.4 is 10.2 Å². The fourth-order valence-electron chi connectivity index (χ4n) is 1.96. The zero-order valence-corrected chi connectivity index (χ0v) is 9.93. The summed E-state index contributed by atoms with van der Waals surface area (Å²) in [6, 6.07) is 5.40. The Morgan fingerprint density at radius 2 is 2.24 bits per heavy atom. The summed E-state index contributed by atoms with van der Waals surface area (Å²) in [6.45, 7) is 3.25. The summed E-state index contributed by atoms with van der Waals surface area (Å²) in [5.74, 6) is 0.529. The molecule has 0 bridgehead atoms. The fourth-order valence-corrected chi connectivity index (χ4v) is 1.96. The minimum atomic E-state index is -1.51. The van der Waals surface area contributed by atoms with E-state index in [0.717, 1.165) is 25.0 Å². The molecule has 17 heavy (non-hydrogen) atoms. The number of aryl methyl sites for hydroxylation is 1. The summed E-state index contributed by atoms with van der Waals surface area (Å²) < 4.78 is 11.1. The maximum absolute atomic E-state index is 9.30. The fraction of sp³-hybridized carbons (Fsp3) is 0.500. The largest absolute Gasteiger partial charge is 0.492 e. The van der Waals surface area contributed by atoms with E-state index in [9.17, 15) is 10.0 Å². The molecule has 0 radical (unpaired) electrons. The normalized spacial score (nSPS) is 20.1. The second-order valence-electron chi connectivity index (χ2n) is 4.37. The van der Waals surface area contributed by atoms with Crippen molar-refractivity contribution in [3.8, 4) is 5.75 Å². The molecule has 1 aromatic carbocycles. The maximum atomic E-state index is 9.30. The van der Waals surface area contributed by atoms with E-state index in [0.29, 0.717) is 17.8 Å². The number of benzene rings is 1. The predicted molar refractivity (Wildman–Crippen MR) is 65.5 cm³/mol. The first-order valence-electron chi connectivity index (χ1n) is 5.88. The third-order valence-electron chi connectivity index (χ3n) is 2.86. The molecule has 1 saturated heterocycles. The number of ether oxygens (including phenoxy) is 2. The van der Waals surface area contributed by atoms with Crippen LogP contribution in [-0.2, 0) is 4.74 Å². The van der Waals surface area contributed by atoms with Crippen molar-refractivity contribution in [2.45, 2.75) is 25.9 Å². The van der Waals surface area contributed by atoms with E-state index < -0.39 is 7.12 Å². The van der Waals surface area contributed by atoms with Gasteiger partial charge in [0.2, 0.25) is 0 Å². The Bertz CT molecular complexity index is 375. The first kappa shape index (κ1) is 12.4. The van der Waals surface area contributed by atoms with Crippen LogP contribution >= 0.6 is 0 Å². The van der Waals surface area contributed by atoms with Crippen LogP contribution in [0, 0.1) is 6.92 Å². The van der Waals surface area contributed by atoms with E-state index in [2.05, 4.69) is 0 Å². The molecular formula is C12H17BO4. The van der Waals surface area contributed by atoms with E-state index in [4.69, 9.17) is 9.47 Å². The molecule has 0 amide bonds. The highest BCUT2D eigenvalue weighted by molar-refractivity contribution is 6.59. The molecule has 5 heteroatoms. The lowest BCUT2D eigenvalue weighted by atomic mass is 9.79. The van der Waals surface area contributed by atoms with Gasteiger partial charge in [0, 0.05) is 12.1 Å². The van der Waals surface area contributed by atoms with E-state index in [-0.39, 0.29) is 6.10 Å². The smallest absolute Gasteiger partial charge is 0.488 e. The molecular weight excluding hydrogens is 219 g/mol. The number of hydrogen-bond acceptors (Lipinski definition) is 4. The van der Waals surface area contributed by atoms with E-state index in [1.165, 1.54) is 0 Å². The summed E-state index contributed by atoms with van der Waals surface area (Å²) >= 11 is 0. The third kappa shape index (κ3) is 3.22. The molecule has 4 nitrogen and oxygen atoms in total. The third-order valence-corrected chi connectivity index (χ3v) is 2.86. The Morgan fingerprint density at radius 3 is 2.88 bits per heavy atom. The van der Waals surface area contributed by atoms with Crippen LogP contribution in [0.2, 0.25) is 0 Å². The lowest BCUT2D eigenvalue weighted by Crippen LogP contribution is -2.35. The first-order valence-corrected chi connectivity index (χ1v) is 5.88. The van der Waals surface area contributed by atoms with Crippen LogP contribution in [0.15, 0.2) is 18.2 Å². The molecule has 0 spiro atoms.